The van der Waals surface area contributed by atoms with Gasteiger partial charge in [-0.2, -0.15) is 0 Å². The molecule has 0 aromatic heterocycles. The lowest BCUT2D eigenvalue weighted by Crippen LogP contribution is -2.16. The van der Waals surface area contributed by atoms with E-state index >= 15 is 0 Å². The number of benzene rings is 1. The summed E-state index contributed by atoms with van der Waals surface area (Å²) in [4.78, 5) is 0. The van der Waals surface area contributed by atoms with Crippen molar-refractivity contribution < 1.29 is 9.84 Å². The molecule has 78 valence electrons. The van der Waals surface area contributed by atoms with Gasteiger partial charge >= 0.3 is 0 Å². The van der Waals surface area contributed by atoms with Crippen molar-refractivity contribution in [2.24, 2.45) is 0 Å². The van der Waals surface area contributed by atoms with E-state index in [4.69, 9.17) is 21.4 Å². The van der Waals surface area contributed by atoms with E-state index in [2.05, 4.69) is 15.9 Å². The molecule has 0 aliphatic rings. The molecule has 2 nitrogen and oxygen atoms in total. The molecule has 0 fully saturated rings. The number of alkyl halides is 1. The highest BCUT2D eigenvalue weighted by molar-refractivity contribution is 9.10. The molecule has 0 aliphatic heterocycles. The van der Waals surface area contributed by atoms with Crippen LogP contribution in [-0.4, -0.2) is 23.7 Å². The van der Waals surface area contributed by atoms with E-state index in [0.717, 1.165) is 10.0 Å². The molecule has 0 aliphatic carbocycles. The highest BCUT2D eigenvalue weighted by Crippen LogP contribution is 2.16. The Hall–Kier alpha value is -0.0900. The van der Waals surface area contributed by atoms with E-state index in [-0.39, 0.29) is 12.5 Å². The molecule has 4 heteroatoms. The first-order chi connectivity index (χ1) is 6.74. The molecule has 0 unspecified atom stereocenters. The van der Waals surface area contributed by atoms with Crippen molar-refractivity contribution in [2.75, 3.05) is 12.5 Å². The van der Waals surface area contributed by atoms with Gasteiger partial charge in [0.05, 0.1) is 25.2 Å². The van der Waals surface area contributed by atoms with Crippen LogP contribution in [0, 0.1) is 0 Å². The topological polar surface area (TPSA) is 29.5 Å². The molecule has 0 amide bonds. The zero-order valence-corrected chi connectivity index (χ0v) is 9.96. The number of halogens is 2. The van der Waals surface area contributed by atoms with Crippen molar-refractivity contribution in [1.29, 1.82) is 0 Å². The van der Waals surface area contributed by atoms with E-state index in [1.54, 1.807) is 0 Å². The van der Waals surface area contributed by atoms with E-state index in [0.29, 0.717) is 6.61 Å². The van der Waals surface area contributed by atoms with Gasteiger partial charge in [-0.3, -0.25) is 0 Å². The number of aliphatic hydroxyl groups is 1. The third-order valence-corrected chi connectivity index (χ3v) is 2.83. The summed E-state index contributed by atoms with van der Waals surface area (Å²) in [6.45, 7) is 0.750. The molecule has 1 rings (SSSR count). The molecular weight excluding hydrogens is 267 g/mol. The third kappa shape index (κ3) is 3.96. The van der Waals surface area contributed by atoms with E-state index in [1.807, 2.05) is 24.3 Å². The van der Waals surface area contributed by atoms with Crippen LogP contribution in [0.2, 0.25) is 0 Å². The molecule has 14 heavy (non-hydrogen) atoms. The van der Waals surface area contributed by atoms with Crippen LogP contribution in [0.25, 0.3) is 0 Å². The summed E-state index contributed by atoms with van der Waals surface area (Å²) in [6.07, 6.45) is -0.584. The Balaban J connectivity index is 2.35. The van der Waals surface area contributed by atoms with Crippen LogP contribution in [-0.2, 0) is 11.3 Å². The Morgan fingerprint density at radius 2 is 2.14 bits per heavy atom. The molecule has 0 saturated carbocycles. The van der Waals surface area contributed by atoms with Crippen molar-refractivity contribution in [3.63, 3.8) is 0 Å². The van der Waals surface area contributed by atoms with Gasteiger partial charge in [-0.25, -0.2) is 0 Å². The maximum atomic E-state index is 9.14. The monoisotopic (exact) mass is 278 g/mol. The summed E-state index contributed by atoms with van der Waals surface area (Å²) in [5.41, 5.74) is 1.06. The van der Waals surface area contributed by atoms with E-state index in [9.17, 15) is 0 Å². The number of ether oxygens (including phenoxy) is 1. The molecule has 0 bridgehead atoms. The van der Waals surface area contributed by atoms with Crippen LogP contribution in [0.15, 0.2) is 28.7 Å². The van der Waals surface area contributed by atoms with Gasteiger partial charge in [0.25, 0.3) is 0 Å². The molecular formula is C10H12BrClO2. The number of hydrogen-bond acceptors (Lipinski definition) is 2. The fourth-order valence-electron chi connectivity index (χ4n) is 0.965. The summed E-state index contributed by atoms with van der Waals surface area (Å²) >= 11 is 8.84. The molecule has 1 atom stereocenters. The molecule has 1 N–H and O–H groups in total. The van der Waals surface area contributed by atoms with Gasteiger partial charge in [0, 0.05) is 4.47 Å². The predicted octanol–water partition coefficient (Wildman–Crippen LogP) is 2.57. The second-order valence-corrected chi connectivity index (χ2v) is 4.08. The van der Waals surface area contributed by atoms with E-state index in [1.165, 1.54) is 0 Å². The average Bonchev–Trinajstić information content (AvgIpc) is 2.20. The lowest BCUT2D eigenvalue weighted by molar-refractivity contribution is 0.0390. The van der Waals surface area contributed by atoms with Crippen molar-refractivity contribution in [2.45, 2.75) is 12.7 Å². The smallest absolute Gasteiger partial charge is 0.0908 e. The molecule has 0 saturated heterocycles. The molecule has 1 aromatic carbocycles. The lowest BCUT2D eigenvalue weighted by atomic mass is 10.2. The van der Waals surface area contributed by atoms with Crippen LogP contribution >= 0.6 is 27.5 Å². The second kappa shape index (κ2) is 6.40. The highest BCUT2D eigenvalue weighted by Gasteiger charge is 2.03. The number of aliphatic hydroxyl groups excluding tert-OH is 1. The fourth-order valence-corrected chi connectivity index (χ4v) is 1.45. The zero-order valence-electron chi connectivity index (χ0n) is 7.62. The van der Waals surface area contributed by atoms with Gasteiger partial charge in [-0.1, -0.05) is 34.1 Å². The van der Waals surface area contributed by atoms with Crippen molar-refractivity contribution in [3.8, 4) is 0 Å². The van der Waals surface area contributed by atoms with Gasteiger partial charge in [0.2, 0.25) is 0 Å². The van der Waals surface area contributed by atoms with Gasteiger partial charge in [-0.05, 0) is 11.6 Å². The van der Waals surface area contributed by atoms with Gasteiger partial charge < -0.3 is 9.84 Å². The highest BCUT2D eigenvalue weighted by atomic mass is 79.9. The van der Waals surface area contributed by atoms with Gasteiger partial charge in [0.15, 0.2) is 0 Å². The van der Waals surface area contributed by atoms with Crippen LogP contribution < -0.4 is 0 Å². The first-order valence-corrected chi connectivity index (χ1v) is 5.62. The number of hydrogen-bond donors (Lipinski definition) is 1. The first-order valence-electron chi connectivity index (χ1n) is 4.29. The van der Waals surface area contributed by atoms with Crippen molar-refractivity contribution >= 4 is 27.5 Å². The van der Waals surface area contributed by atoms with Gasteiger partial charge in [-0.15, -0.1) is 11.6 Å². The Morgan fingerprint density at radius 1 is 1.43 bits per heavy atom. The zero-order chi connectivity index (χ0) is 10.4. The van der Waals surface area contributed by atoms with Crippen LogP contribution in [0.5, 0.6) is 0 Å². The van der Waals surface area contributed by atoms with Crippen LogP contribution in [0.4, 0.5) is 0 Å². The Bertz CT molecular complexity index is 281. The summed E-state index contributed by atoms with van der Waals surface area (Å²) in [5.74, 6) is 0.204. The second-order valence-electron chi connectivity index (χ2n) is 2.91. The summed E-state index contributed by atoms with van der Waals surface area (Å²) < 4.78 is 6.30. The Kier molecular flexibility index (Phi) is 5.48. The molecule has 1 aromatic rings. The quantitative estimate of drug-likeness (QED) is 0.840. The minimum Gasteiger partial charge on any atom is -0.389 e. The largest absolute Gasteiger partial charge is 0.389 e. The number of rotatable bonds is 5. The fraction of sp³-hybridized carbons (Fsp3) is 0.400. The third-order valence-electron chi connectivity index (χ3n) is 1.70. The SMILES string of the molecule is O[C@@H](CCl)COCc1ccccc1Br. The standard InChI is InChI=1S/C10H12BrClO2/c11-10-4-2-1-3-8(10)6-14-7-9(13)5-12/h1-4,9,13H,5-7H2/t9-/m0/s1. The maximum Gasteiger partial charge on any atom is 0.0908 e. The van der Waals surface area contributed by atoms with Crippen LogP contribution in [0.3, 0.4) is 0 Å². The molecule has 0 spiro atoms. The van der Waals surface area contributed by atoms with Crippen molar-refractivity contribution in [1.82, 2.24) is 0 Å². The first kappa shape index (κ1) is 12.0. The van der Waals surface area contributed by atoms with E-state index < -0.39 is 6.10 Å². The van der Waals surface area contributed by atoms with Crippen molar-refractivity contribution in [3.05, 3.63) is 34.3 Å². The van der Waals surface area contributed by atoms with Crippen LogP contribution in [0.1, 0.15) is 5.56 Å². The Labute approximate surface area is 97.0 Å². The lowest BCUT2D eigenvalue weighted by Gasteiger charge is -2.08. The summed E-state index contributed by atoms with van der Waals surface area (Å²) in [7, 11) is 0. The summed E-state index contributed by atoms with van der Waals surface area (Å²) in [6, 6.07) is 7.82. The van der Waals surface area contributed by atoms with Gasteiger partial charge in [0.1, 0.15) is 0 Å². The minimum absolute atomic E-state index is 0.204. The normalized spacial score (nSPS) is 12.8. The Morgan fingerprint density at radius 3 is 2.79 bits per heavy atom. The minimum atomic E-state index is -0.584. The molecule has 0 radical (unpaired) electrons. The predicted molar refractivity (Wildman–Crippen MR) is 60.5 cm³/mol. The maximum absolute atomic E-state index is 9.14. The average molecular weight is 280 g/mol. The molecule has 0 heterocycles. The summed E-state index contributed by atoms with van der Waals surface area (Å²) in [5, 5.41) is 9.14.